The lowest BCUT2D eigenvalue weighted by molar-refractivity contribution is 0.102. The number of carboxylic acid groups (broad SMARTS) is 1. The third-order valence-corrected chi connectivity index (χ3v) is 7.22. The molecule has 6 rings (SSSR count). The van der Waals surface area contributed by atoms with E-state index in [2.05, 4.69) is 20.3 Å². The molecule has 0 saturated carbocycles. The fraction of sp³-hybridized carbons (Fsp3) is 0.333. The number of amides is 2. The highest BCUT2D eigenvalue weighted by Gasteiger charge is 2.43. The van der Waals surface area contributed by atoms with Crippen molar-refractivity contribution in [2.75, 3.05) is 23.3 Å². The first-order valence-electron chi connectivity index (χ1n) is 11.5. The van der Waals surface area contributed by atoms with Crippen molar-refractivity contribution in [3.05, 3.63) is 53.1 Å². The van der Waals surface area contributed by atoms with E-state index >= 15 is 0 Å². The van der Waals surface area contributed by atoms with Crippen LogP contribution in [0.4, 0.5) is 16.2 Å². The number of hydrogen-bond acceptors (Lipinski definition) is 5. The molecule has 2 saturated heterocycles. The number of aromatic nitrogens is 4. The van der Waals surface area contributed by atoms with Crippen LogP contribution in [0.1, 0.15) is 28.9 Å². The molecule has 0 radical (unpaired) electrons. The van der Waals surface area contributed by atoms with Gasteiger partial charge in [0.15, 0.2) is 5.65 Å². The molecule has 2 atom stereocenters. The summed E-state index contributed by atoms with van der Waals surface area (Å²) in [5.41, 5.74) is 4.04. The molecule has 35 heavy (non-hydrogen) atoms. The van der Waals surface area contributed by atoms with Crippen molar-refractivity contribution in [2.45, 2.75) is 31.8 Å². The maximum atomic E-state index is 13.3. The van der Waals surface area contributed by atoms with Gasteiger partial charge >= 0.3 is 6.09 Å². The van der Waals surface area contributed by atoms with E-state index in [9.17, 15) is 14.7 Å². The fourth-order valence-electron chi connectivity index (χ4n) is 5.52. The number of piperazine rings is 1. The largest absolute Gasteiger partial charge is 0.465 e. The summed E-state index contributed by atoms with van der Waals surface area (Å²) in [5.74, 6) is -0.289. The zero-order valence-electron chi connectivity index (χ0n) is 19.3. The summed E-state index contributed by atoms with van der Waals surface area (Å²) in [4.78, 5) is 33.2. The summed E-state index contributed by atoms with van der Waals surface area (Å²) in [6.07, 6.45) is 6.42. The summed E-state index contributed by atoms with van der Waals surface area (Å²) in [6.45, 7) is 3.14. The number of carbonyl (C=O) groups excluding carboxylic acids is 1. The normalized spacial score (nSPS) is 19.6. The van der Waals surface area contributed by atoms with Gasteiger partial charge in [-0.25, -0.2) is 9.78 Å². The van der Waals surface area contributed by atoms with Crippen LogP contribution in [-0.4, -0.2) is 66.3 Å². The van der Waals surface area contributed by atoms with Crippen LogP contribution in [-0.2, 0) is 7.05 Å². The van der Waals surface area contributed by atoms with Crippen LogP contribution < -0.4 is 10.2 Å². The van der Waals surface area contributed by atoms with Gasteiger partial charge in [0.05, 0.1) is 34.1 Å². The van der Waals surface area contributed by atoms with Gasteiger partial charge in [0.2, 0.25) is 0 Å². The first kappa shape index (κ1) is 21.7. The first-order chi connectivity index (χ1) is 16.8. The van der Waals surface area contributed by atoms with Gasteiger partial charge in [0.25, 0.3) is 5.91 Å². The van der Waals surface area contributed by atoms with Crippen LogP contribution in [0.3, 0.4) is 0 Å². The lowest BCUT2D eigenvalue weighted by Crippen LogP contribution is -2.55. The predicted octanol–water partition coefficient (Wildman–Crippen LogP) is 3.77. The zero-order valence-corrected chi connectivity index (χ0v) is 20.0. The molecule has 4 aromatic rings. The van der Waals surface area contributed by atoms with Crippen molar-refractivity contribution in [1.29, 1.82) is 0 Å². The second-order valence-electron chi connectivity index (χ2n) is 9.32. The van der Waals surface area contributed by atoms with Gasteiger partial charge in [-0.15, -0.1) is 0 Å². The van der Waals surface area contributed by atoms with Crippen molar-refractivity contribution in [1.82, 2.24) is 24.1 Å². The van der Waals surface area contributed by atoms with Crippen LogP contribution in [0.5, 0.6) is 0 Å². The summed E-state index contributed by atoms with van der Waals surface area (Å²) in [7, 11) is 1.83. The van der Waals surface area contributed by atoms with Crippen LogP contribution in [0.15, 0.2) is 36.8 Å². The lowest BCUT2D eigenvalue weighted by atomic mass is 10.1. The van der Waals surface area contributed by atoms with E-state index in [1.54, 1.807) is 32.3 Å². The van der Waals surface area contributed by atoms with Crippen LogP contribution in [0.25, 0.3) is 16.6 Å². The van der Waals surface area contributed by atoms with Gasteiger partial charge in [-0.1, -0.05) is 11.6 Å². The molecule has 2 aliphatic heterocycles. The van der Waals surface area contributed by atoms with Gasteiger partial charge < -0.3 is 19.7 Å². The topological polar surface area (TPSA) is 108 Å². The Hall–Kier alpha value is -3.79. The summed E-state index contributed by atoms with van der Waals surface area (Å²) < 4.78 is 3.49. The summed E-state index contributed by atoms with van der Waals surface area (Å²) >= 11 is 6.37. The molecule has 2 bridgehead atoms. The highest BCUT2D eigenvalue weighted by molar-refractivity contribution is 6.33. The van der Waals surface area contributed by atoms with E-state index in [0.29, 0.717) is 40.5 Å². The molecule has 1 aromatic carbocycles. The Balaban J connectivity index is 1.32. The minimum absolute atomic E-state index is 0.0209. The van der Waals surface area contributed by atoms with Crippen LogP contribution in [0.2, 0.25) is 5.02 Å². The van der Waals surface area contributed by atoms with Crippen LogP contribution in [0, 0.1) is 6.92 Å². The number of nitrogens with one attached hydrogen (secondary N) is 1. The Kier molecular flexibility index (Phi) is 4.89. The summed E-state index contributed by atoms with van der Waals surface area (Å²) in [5, 5.41) is 18.4. The molecule has 2 fully saturated rings. The average Bonchev–Trinajstić information content (AvgIpc) is 3.45. The molecule has 0 aliphatic carbocycles. The van der Waals surface area contributed by atoms with E-state index in [4.69, 9.17) is 11.6 Å². The van der Waals surface area contributed by atoms with E-state index in [-0.39, 0.29) is 18.0 Å². The number of nitrogens with zero attached hydrogens (tertiary/aromatic N) is 6. The van der Waals surface area contributed by atoms with Gasteiger partial charge in [-0.2, -0.15) is 5.10 Å². The van der Waals surface area contributed by atoms with Gasteiger partial charge in [0.1, 0.15) is 5.52 Å². The fourth-order valence-corrected chi connectivity index (χ4v) is 5.78. The van der Waals surface area contributed by atoms with Gasteiger partial charge in [0, 0.05) is 49.8 Å². The monoisotopic (exact) mass is 493 g/mol. The third kappa shape index (κ3) is 3.56. The van der Waals surface area contributed by atoms with E-state index in [1.165, 1.54) is 0 Å². The molecule has 0 unspecified atom stereocenters. The first-order valence-corrected chi connectivity index (χ1v) is 11.8. The van der Waals surface area contributed by atoms with Crippen molar-refractivity contribution in [3.63, 3.8) is 0 Å². The highest BCUT2D eigenvalue weighted by atomic mass is 35.5. The van der Waals surface area contributed by atoms with E-state index in [0.717, 1.165) is 29.6 Å². The maximum Gasteiger partial charge on any atom is 0.407 e. The second kappa shape index (κ2) is 7.88. The number of benzene rings is 1. The molecular weight excluding hydrogens is 470 g/mol. The molecule has 11 heteroatoms. The van der Waals surface area contributed by atoms with Gasteiger partial charge in [-0.05, 0) is 38.0 Å². The molecule has 2 amide bonds. The minimum atomic E-state index is -0.847. The Morgan fingerprint density at radius 2 is 1.89 bits per heavy atom. The molecule has 2 N–H and O–H groups in total. The quantitative estimate of drug-likeness (QED) is 0.450. The highest BCUT2D eigenvalue weighted by Crippen LogP contribution is 2.36. The third-order valence-electron chi connectivity index (χ3n) is 6.94. The molecule has 10 nitrogen and oxygen atoms in total. The van der Waals surface area contributed by atoms with Crippen molar-refractivity contribution < 1.29 is 14.7 Å². The molecule has 2 aliphatic rings. The number of anilines is 2. The lowest BCUT2D eigenvalue weighted by Gasteiger charge is -2.40. The average molecular weight is 494 g/mol. The Morgan fingerprint density at radius 1 is 1.14 bits per heavy atom. The molecule has 3 aromatic heterocycles. The standard InChI is InChI=1S/C24H24ClN7O3/c1-13-8-31-9-14(7-19(25)22(31)26-13)27-23(33)17-5-6-20(18-12-29(2)28-21(17)18)30-10-15-3-4-16(11-30)32(15)24(34)35/h5-9,12,15-16H,3-4,10-11H2,1-2H3,(H,27,33)(H,34,35)/t15-,16+. The molecule has 180 valence electrons. The van der Waals surface area contributed by atoms with Crippen molar-refractivity contribution >= 4 is 51.5 Å². The Morgan fingerprint density at radius 3 is 2.60 bits per heavy atom. The number of fused-ring (bicyclic) bond motifs is 4. The number of rotatable bonds is 3. The number of aryl methyl sites for hydroxylation is 2. The predicted molar refractivity (Wildman–Crippen MR) is 132 cm³/mol. The van der Waals surface area contributed by atoms with E-state index < -0.39 is 6.09 Å². The van der Waals surface area contributed by atoms with Crippen molar-refractivity contribution in [2.24, 2.45) is 7.05 Å². The molecular formula is C24H24ClN7O3. The maximum absolute atomic E-state index is 13.3. The Labute approximate surface area is 205 Å². The minimum Gasteiger partial charge on any atom is -0.465 e. The van der Waals surface area contributed by atoms with Gasteiger partial charge in [-0.3, -0.25) is 14.4 Å². The number of halogens is 1. The zero-order chi connectivity index (χ0) is 24.4. The second-order valence-corrected chi connectivity index (χ2v) is 9.73. The van der Waals surface area contributed by atoms with Crippen LogP contribution >= 0.6 is 11.6 Å². The smallest absolute Gasteiger partial charge is 0.407 e. The van der Waals surface area contributed by atoms with Crippen molar-refractivity contribution in [3.8, 4) is 0 Å². The number of hydrogen-bond donors (Lipinski definition) is 2. The Bertz CT molecular complexity index is 1500. The number of pyridine rings is 1. The number of imidazole rings is 1. The molecule has 0 spiro atoms. The summed E-state index contributed by atoms with van der Waals surface area (Å²) in [6, 6.07) is 5.36. The number of carbonyl (C=O) groups is 2. The molecule has 5 heterocycles. The SMILES string of the molecule is Cc1cn2cc(NC(=O)c3ccc(N4C[C@H]5CC[C@@H](C4)N5C(=O)O)c4cn(C)nc34)cc(Cl)c2n1. The van der Waals surface area contributed by atoms with E-state index in [1.807, 2.05) is 32.4 Å².